The Morgan fingerprint density at radius 3 is 2.32 bits per heavy atom. The fourth-order valence-electron chi connectivity index (χ4n) is 2.77. The minimum absolute atomic E-state index is 0.518. The highest BCUT2D eigenvalue weighted by Gasteiger charge is 2.17. The molecular formula is C16H32BrNO. The molecule has 3 heteroatoms. The van der Waals surface area contributed by atoms with E-state index in [1.165, 1.54) is 76.2 Å². The first kappa shape index (κ1) is 17.5. The van der Waals surface area contributed by atoms with Gasteiger partial charge in [-0.1, -0.05) is 55.0 Å². The van der Waals surface area contributed by atoms with Gasteiger partial charge in [0.05, 0.1) is 6.10 Å². The van der Waals surface area contributed by atoms with E-state index >= 15 is 0 Å². The van der Waals surface area contributed by atoms with Crippen molar-refractivity contribution < 1.29 is 4.74 Å². The van der Waals surface area contributed by atoms with Gasteiger partial charge in [-0.15, -0.1) is 0 Å². The van der Waals surface area contributed by atoms with E-state index in [-0.39, 0.29) is 0 Å². The number of unbranched alkanes of at least 4 members (excludes halogenated alkanes) is 6. The lowest BCUT2D eigenvalue weighted by atomic mass is 10.1. The summed E-state index contributed by atoms with van der Waals surface area (Å²) in [7, 11) is 0. The van der Waals surface area contributed by atoms with Crippen molar-refractivity contribution in [2.75, 3.05) is 31.6 Å². The molecule has 0 radical (unpaired) electrons. The van der Waals surface area contributed by atoms with E-state index in [2.05, 4.69) is 27.8 Å². The Bertz CT molecular complexity index is 195. The Labute approximate surface area is 128 Å². The fraction of sp³-hybridized carbons (Fsp3) is 1.00. The summed E-state index contributed by atoms with van der Waals surface area (Å²) in [5.41, 5.74) is 0. The third-order valence-electron chi connectivity index (χ3n) is 4.04. The molecule has 19 heavy (non-hydrogen) atoms. The van der Waals surface area contributed by atoms with E-state index in [0.29, 0.717) is 6.10 Å². The maximum absolute atomic E-state index is 5.72. The van der Waals surface area contributed by atoms with Gasteiger partial charge in [0.25, 0.3) is 0 Å². The van der Waals surface area contributed by atoms with Crippen LogP contribution >= 0.6 is 15.9 Å². The highest BCUT2D eigenvalue weighted by atomic mass is 79.9. The van der Waals surface area contributed by atoms with Gasteiger partial charge in [0.2, 0.25) is 0 Å². The van der Waals surface area contributed by atoms with Gasteiger partial charge in [-0.25, -0.2) is 0 Å². The molecule has 0 aromatic carbocycles. The van der Waals surface area contributed by atoms with Crippen molar-refractivity contribution in [3.63, 3.8) is 0 Å². The predicted octanol–water partition coefficient (Wildman–Crippen LogP) is 4.61. The summed E-state index contributed by atoms with van der Waals surface area (Å²) in [6.07, 6.45) is 12.8. The van der Waals surface area contributed by atoms with Gasteiger partial charge < -0.3 is 9.64 Å². The molecule has 0 amide bonds. The van der Waals surface area contributed by atoms with E-state index in [1.807, 2.05) is 0 Å². The van der Waals surface area contributed by atoms with Crippen LogP contribution in [-0.4, -0.2) is 42.6 Å². The van der Waals surface area contributed by atoms with Crippen LogP contribution in [0, 0.1) is 0 Å². The highest BCUT2D eigenvalue weighted by Crippen LogP contribution is 2.14. The monoisotopic (exact) mass is 333 g/mol. The Morgan fingerprint density at radius 2 is 1.74 bits per heavy atom. The molecule has 1 heterocycles. The molecule has 114 valence electrons. The molecule has 0 aliphatic carbocycles. The average molecular weight is 334 g/mol. The number of hydrogen-bond acceptors (Lipinski definition) is 2. The smallest absolute Gasteiger partial charge is 0.0702 e. The summed E-state index contributed by atoms with van der Waals surface area (Å²) < 4.78 is 5.72. The van der Waals surface area contributed by atoms with Crippen molar-refractivity contribution in [3.8, 4) is 0 Å². The molecule has 0 aromatic rings. The number of alkyl halides is 1. The first-order chi connectivity index (χ1) is 9.36. The molecule has 0 N–H and O–H groups in total. The van der Waals surface area contributed by atoms with Crippen LogP contribution in [0.3, 0.4) is 0 Å². The first-order valence-corrected chi connectivity index (χ1v) is 9.39. The summed E-state index contributed by atoms with van der Waals surface area (Å²) in [4.78, 5) is 2.57. The van der Waals surface area contributed by atoms with Crippen molar-refractivity contribution in [1.82, 2.24) is 4.90 Å². The standard InChI is InChI=1S/C16H32BrNO/c1-2-18(15-16-11-10-14-19-16)13-9-7-5-3-4-6-8-12-17/h16H,2-15H2,1H3. The Hall–Kier alpha value is 0.400. The Morgan fingerprint density at radius 1 is 1.05 bits per heavy atom. The van der Waals surface area contributed by atoms with E-state index in [1.54, 1.807) is 0 Å². The van der Waals surface area contributed by atoms with Crippen molar-refractivity contribution in [2.45, 2.75) is 70.8 Å². The van der Waals surface area contributed by atoms with Gasteiger partial charge in [-0.05, 0) is 38.8 Å². The second kappa shape index (κ2) is 12.2. The van der Waals surface area contributed by atoms with Crippen molar-refractivity contribution >= 4 is 15.9 Å². The van der Waals surface area contributed by atoms with E-state index in [0.717, 1.165) is 13.2 Å². The van der Waals surface area contributed by atoms with Crippen LogP contribution < -0.4 is 0 Å². The average Bonchev–Trinajstić information content (AvgIpc) is 2.93. The van der Waals surface area contributed by atoms with E-state index < -0.39 is 0 Å². The second-order valence-corrected chi connectivity index (χ2v) is 6.49. The van der Waals surface area contributed by atoms with Crippen LogP contribution in [0.5, 0.6) is 0 Å². The quantitative estimate of drug-likeness (QED) is 0.382. The van der Waals surface area contributed by atoms with Crippen LogP contribution in [0.2, 0.25) is 0 Å². The van der Waals surface area contributed by atoms with Gasteiger partial charge in [0.15, 0.2) is 0 Å². The Balaban J connectivity index is 1.91. The van der Waals surface area contributed by atoms with Crippen molar-refractivity contribution in [3.05, 3.63) is 0 Å². The zero-order valence-electron chi connectivity index (χ0n) is 12.7. The molecule has 0 bridgehead atoms. The number of nitrogens with zero attached hydrogens (tertiary/aromatic N) is 1. The van der Waals surface area contributed by atoms with Crippen LogP contribution in [0.15, 0.2) is 0 Å². The van der Waals surface area contributed by atoms with Gasteiger partial charge in [-0.2, -0.15) is 0 Å². The van der Waals surface area contributed by atoms with Crippen LogP contribution in [0.25, 0.3) is 0 Å². The number of likely N-dealkylation sites (N-methyl/N-ethyl adjacent to an activating group) is 1. The molecule has 0 aromatic heterocycles. The third kappa shape index (κ3) is 9.04. The van der Waals surface area contributed by atoms with Crippen molar-refractivity contribution in [1.29, 1.82) is 0 Å². The minimum Gasteiger partial charge on any atom is -0.377 e. The maximum atomic E-state index is 5.72. The molecule has 2 nitrogen and oxygen atoms in total. The molecular weight excluding hydrogens is 302 g/mol. The normalized spacial score (nSPS) is 19.4. The van der Waals surface area contributed by atoms with Crippen LogP contribution in [-0.2, 0) is 4.74 Å². The lowest BCUT2D eigenvalue weighted by Crippen LogP contribution is -2.32. The Kier molecular flexibility index (Phi) is 11.2. The minimum atomic E-state index is 0.518. The molecule has 1 rings (SSSR count). The molecule has 1 aliphatic heterocycles. The summed E-state index contributed by atoms with van der Waals surface area (Å²) >= 11 is 3.49. The lowest BCUT2D eigenvalue weighted by Gasteiger charge is -2.23. The molecule has 1 atom stereocenters. The maximum Gasteiger partial charge on any atom is 0.0702 e. The molecule has 1 aliphatic rings. The van der Waals surface area contributed by atoms with E-state index in [9.17, 15) is 0 Å². The lowest BCUT2D eigenvalue weighted by molar-refractivity contribution is 0.0742. The number of hydrogen-bond donors (Lipinski definition) is 0. The molecule has 1 unspecified atom stereocenters. The predicted molar refractivity (Wildman–Crippen MR) is 87.2 cm³/mol. The summed E-state index contributed by atoms with van der Waals surface area (Å²) in [6, 6.07) is 0. The first-order valence-electron chi connectivity index (χ1n) is 8.26. The SMILES string of the molecule is CCN(CCCCCCCCCBr)CC1CCCO1. The van der Waals surface area contributed by atoms with Gasteiger partial charge in [-0.3, -0.25) is 0 Å². The van der Waals surface area contributed by atoms with E-state index in [4.69, 9.17) is 4.74 Å². The van der Waals surface area contributed by atoms with Gasteiger partial charge >= 0.3 is 0 Å². The summed E-state index contributed by atoms with van der Waals surface area (Å²) in [5.74, 6) is 0. The third-order valence-corrected chi connectivity index (χ3v) is 4.60. The number of halogens is 1. The van der Waals surface area contributed by atoms with Crippen LogP contribution in [0.4, 0.5) is 0 Å². The highest BCUT2D eigenvalue weighted by molar-refractivity contribution is 9.09. The zero-order chi connectivity index (χ0) is 13.8. The number of rotatable bonds is 12. The topological polar surface area (TPSA) is 12.5 Å². The van der Waals surface area contributed by atoms with Gasteiger partial charge in [0.1, 0.15) is 0 Å². The second-order valence-electron chi connectivity index (χ2n) is 5.69. The fourth-order valence-corrected chi connectivity index (χ4v) is 3.17. The molecule has 0 saturated carbocycles. The largest absolute Gasteiger partial charge is 0.377 e. The molecule has 0 spiro atoms. The summed E-state index contributed by atoms with van der Waals surface area (Å²) in [5, 5.41) is 1.17. The summed E-state index contributed by atoms with van der Waals surface area (Å²) in [6.45, 7) is 6.84. The molecule has 1 fully saturated rings. The molecule has 1 saturated heterocycles. The van der Waals surface area contributed by atoms with Crippen molar-refractivity contribution in [2.24, 2.45) is 0 Å². The van der Waals surface area contributed by atoms with Crippen LogP contribution in [0.1, 0.15) is 64.7 Å². The zero-order valence-corrected chi connectivity index (χ0v) is 14.3. The number of ether oxygens (including phenoxy) is 1. The van der Waals surface area contributed by atoms with Gasteiger partial charge in [0, 0.05) is 18.5 Å².